The monoisotopic (exact) mass is 440 g/mol. The minimum atomic E-state index is -0.281. The van der Waals surface area contributed by atoms with E-state index in [2.05, 4.69) is 9.88 Å². The van der Waals surface area contributed by atoms with Crippen LogP contribution in [0.4, 0.5) is 5.69 Å². The lowest BCUT2D eigenvalue weighted by Crippen LogP contribution is -2.49. The van der Waals surface area contributed by atoms with Gasteiger partial charge in [-0.25, -0.2) is 0 Å². The first kappa shape index (κ1) is 20.9. The van der Waals surface area contributed by atoms with Gasteiger partial charge < -0.3 is 9.80 Å². The van der Waals surface area contributed by atoms with Crippen LogP contribution in [0.15, 0.2) is 73.1 Å². The second-order valence-electron chi connectivity index (χ2n) is 8.29. The summed E-state index contributed by atoms with van der Waals surface area (Å²) in [4.78, 5) is 48.3. The van der Waals surface area contributed by atoms with Gasteiger partial charge in [0.2, 0.25) is 5.91 Å². The number of hydrogen-bond acceptors (Lipinski definition) is 5. The van der Waals surface area contributed by atoms with Crippen LogP contribution in [-0.2, 0) is 17.8 Å². The third-order valence-corrected chi connectivity index (χ3v) is 6.21. The fourth-order valence-corrected chi connectivity index (χ4v) is 4.48. The maximum atomic E-state index is 13.2. The Hall–Kier alpha value is -4.00. The molecule has 5 rings (SSSR count). The number of anilines is 1. The molecule has 1 saturated heterocycles. The number of benzene rings is 2. The molecule has 0 aliphatic carbocycles. The molecule has 1 fully saturated rings. The SMILES string of the molecule is O=C(Cc1ccccc1)N1CCN(c2cccc3c2C(=O)N(Cc2cccnc2)C3=O)CC1. The van der Waals surface area contributed by atoms with Crippen LogP contribution >= 0.6 is 0 Å². The Morgan fingerprint density at radius 2 is 1.58 bits per heavy atom. The molecular weight excluding hydrogens is 416 g/mol. The van der Waals surface area contributed by atoms with Crippen molar-refractivity contribution in [2.75, 3.05) is 31.1 Å². The van der Waals surface area contributed by atoms with Gasteiger partial charge in [0, 0.05) is 38.6 Å². The largest absolute Gasteiger partial charge is 0.367 e. The van der Waals surface area contributed by atoms with E-state index >= 15 is 0 Å². The number of amides is 3. The molecular formula is C26H24N4O3. The quantitative estimate of drug-likeness (QED) is 0.571. The van der Waals surface area contributed by atoms with Crippen molar-refractivity contribution in [2.45, 2.75) is 13.0 Å². The molecule has 1 aromatic heterocycles. The highest BCUT2D eigenvalue weighted by Gasteiger charge is 2.39. The molecule has 7 heteroatoms. The van der Waals surface area contributed by atoms with Crippen LogP contribution in [0.5, 0.6) is 0 Å². The minimum absolute atomic E-state index is 0.105. The van der Waals surface area contributed by atoms with Crippen molar-refractivity contribution in [1.29, 1.82) is 0 Å². The molecule has 0 unspecified atom stereocenters. The number of carbonyl (C=O) groups excluding carboxylic acids is 3. The Bertz CT molecular complexity index is 1190. The normalized spacial score (nSPS) is 15.7. The minimum Gasteiger partial charge on any atom is -0.367 e. The Balaban J connectivity index is 1.29. The number of piperazine rings is 1. The van der Waals surface area contributed by atoms with Crippen LogP contribution in [0, 0.1) is 0 Å². The van der Waals surface area contributed by atoms with E-state index in [4.69, 9.17) is 0 Å². The molecule has 2 aliphatic rings. The first-order valence-corrected chi connectivity index (χ1v) is 11.1. The number of carbonyl (C=O) groups is 3. The van der Waals surface area contributed by atoms with E-state index in [-0.39, 0.29) is 24.3 Å². The smallest absolute Gasteiger partial charge is 0.263 e. The van der Waals surface area contributed by atoms with E-state index in [0.29, 0.717) is 43.7 Å². The molecule has 0 bridgehead atoms. The van der Waals surface area contributed by atoms with Crippen LogP contribution in [0.1, 0.15) is 31.8 Å². The molecule has 166 valence electrons. The Morgan fingerprint density at radius 3 is 2.30 bits per heavy atom. The summed E-state index contributed by atoms with van der Waals surface area (Å²) in [5, 5.41) is 0. The van der Waals surface area contributed by atoms with Gasteiger partial charge in [0.1, 0.15) is 0 Å². The van der Waals surface area contributed by atoms with Crippen molar-refractivity contribution >= 4 is 23.4 Å². The predicted octanol–water partition coefficient (Wildman–Crippen LogP) is 2.77. The average molecular weight is 441 g/mol. The summed E-state index contributed by atoms with van der Waals surface area (Å²) in [6, 6.07) is 18.8. The van der Waals surface area contributed by atoms with E-state index in [1.807, 2.05) is 53.4 Å². The standard InChI is InChI=1S/C26H24N4O3/c31-23(16-19-6-2-1-3-7-19)29-14-12-28(13-15-29)22-10-4-9-21-24(22)26(33)30(25(21)32)18-20-8-5-11-27-17-20/h1-11,17H,12-16,18H2. The average Bonchev–Trinajstić information content (AvgIpc) is 3.10. The number of rotatable bonds is 5. The molecule has 0 radical (unpaired) electrons. The second kappa shape index (κ2) is 8.86. The lowest BCUT2D eigenvalue weighted by Gasteiger charge is -2.36. The highest BCUT2D eigenvalue weighted by molar-refractivity contribution is 6.23. The topological polar surface area (TPSA) is 73.8 Å². The molecule has 3 heterocycles. The van der Waals surface area contributed by atoms with Gasteiger partial charge in [-0.1, -0.05) is 42.5 Å². The Labute approximate surface area is 192 Å². The van der Waals surface area contributed by atoms with Gasteiger partial charge in [0.25, 0.3) is 11.8 Å². The molecule has 7 nitrogen and oxygen atoms in total. The number of pyridine rings is 1. The third-order valence-electron chi connectivity index (χ3n) is 6.21. The van der Waals surface area contributed by atoms with Crippen LogP contribution < -0.4 is 4.90 Å². The zero-order chi connectivity index (χ0) is 22.8. The summed E-state index contributed by atoms with van der Waals surface area (Å²) < 4.78 is 0. The van der Waals surface area contributed by atoms with Gasteiger partial charge >= 0.3 is 0 Å². The van der Waals surface area contributed by atoms with Crippen molar-refractivity contribution in [1.82, 2.24) is 14.8 Å². The van der Waals surface area contributed by atoms with Crippen LogP contribution in [0.3, 0.4) is 0 Å². The van der Waals surface area contributed by atoms with Crippen molar-refractivity contribution in [2.24, 2.45) is 0 Å². The van der Waals surface area contributed by atoms with Crippen molar-refractivity contribution in [3.05, 3.63) is 95.3 Å². The number of imide groups is 1. The van der Waals surface area contributed by atoms with Crippen LogP contribution in [-0.4, -0.2) is 58.7 Å². The molecule has 0 spiro atoms. The van der Waals surface area contributed by atoms with Crippen LogP contribution in [0.25, 0.3) is 0 Å². The van der Waals surface area contributed by atoms with Crippen LogP contribution in [0.2, 0.25) is 0 Å². The summed E-state index contributed by atoms with van der Waals surface area (Å²) in [6.07, 6.45) is 3.71. The Morgan fingerprint density at radius 1 is 0.818 bits per heavy atom. The molecule has 3 amide bonds. The summed E-state index contributed by atoms with van der Waals surface area (Å²) in [7, 11) is 0. The summed E-state index contributed by atoms with van der Waals surface area (Å²) in [5.41, 5.74) is 3.46. The first-order chi connectivity index (χ1) is 16.1. The number of nitrogens with zero attached hydrogens (tertiary/aromatic N) is 4. The molecule has 2 aliphatic heterocycles. The van der Waals surface area contributed by atoms with E-state index < -0.39 is 0 Å². The zero-order valence-corrected chi connectivity index (χ0v) is 18.2. The first-order valence-electron chi connectivity index (χ1n) is 11.1. The fraction of sp³-hybridized carbons (Fsp3) is 0.231. The van der Waals surface area contributed by atoms with E-state index in [0.717, 1.165) is 16.8 Å². The zero-order valence-electron chi connectivity index (χ0n) is 18.2. The van der Waals surface area contributed by atoms with Crippen molar-refractivity contribution in [3.8, 4) is 0 Å². The van der Waals surface area contributed by atoms with E-state index in [1.54, 1.807) is 24.5 Å². The maximum absolute atomic E-state index is 13.2. The molecule has 0 atom stereocenters. The molecule has 33 heavy (non-hydrogen) atoms. The molecule has 3 aromatic rings. The predicted molar refractivity (Wildman–Crippen MR) is 124 cm³/mol. The number of aromatic nitrogens is 1. The molecule has 2 aromatic carbocycles. The lowest BCUT2D eigenvalue weighted by atomic mass is 10.1. The summed E-state index contributed by atoms with van der Waals surface area (Å²) in [6.45, 7) is 2.58. The third kappa shape index (κ3) is 4.09. The molecule has 0 saturated carbocycles. The van der Waals surface area contributed by atoms with Crippen molar-refractivity contribution in [3.63, 3.8) is 0 Å². The van der Waals surface area contributed by atoms with E-state index in [1.165, 1.54) is 4.90 Å². The highest BCUT2D eigenvalue weighted by Crippen LogP contribution is 2.33. The molecule has 0 N–H and O–H groups in total. The van der Waals surface area contributed by atoms with Gasteiger partial charge in [0.05, 0.1) is 29.8 Å². The fourth-order valence-electron chi connectivity index (χ4n) is 4.48. The summed E-state index contributed by atoms with van der Waals surface area (Å²) in [5.74, 6) is -0.456. The van der Waals surface area contributed by atoms with Gasteiger partial charge in [-0.05, 0) is 29.3 Å². The van der Waals surface area contributed by atoms with Crippen molar-refractivity contribution < 1.29 is 14.4 Å². The van der Waals surface area contributed by atoms with E-state index in [9.17, 15) is 14.4 Å². The second-order valence-corrected chi connectivity index (χ2v) is 8.29. The Kier molecular flexibility index (Phi) is 5.60. The number of fused-ring (bicyclic) bond motifs is 1. The van der Waals surface area contributed by atoms with Gasteiger partial charge in [0.15, 0.2) is 0 Å². The lowest BCUT2D eigenvalue weighted by molar-refractivity contribution is -0.130. The van der Waals surface area contributed by atoms with Gasteiger partial charge in [-0.3, -0.25) is 24.3 Å². The number of hydrogen-bond donors (Lipinski definition) is 0. The summed E-state index contributed by atoms with van der Waals surface area (Å²) >= 11 is 0. The maximum Gasteiger partial charge on any atom is 0.263 e. The highest BCUT2D eigenvalue weighted by atomic mass is 16.2. The van der Waals surface area contributed by atoms with Gasteiger partial charge in [-0.2, -0.15) is 0 Å². The van der Waals surface area contributed by atoms with Gasteiger partial charge in [-0.15, -0.1) is 0 Å².